The van der Waals surface area contributed by atoms with Crippen LogP contribution in [0.5, 0.6) is 5.75 Å². The summed E-state index contributed by atoms with van der Waals surface area (Å²) >= 11 is 0. The molecule has 0 aliphatic heterocycles. The lowest BCUT2D eigenvalue weighted by Gasteiger charge is -2.25. The van der Waals surface area contributed by atoms with E-state index in [9.17, 15) is 4.79 Å². The van der Waals surface area contributed by atoms with Gasteiger partial charge in [0.15, 0.2) is 0 Å². The molecule has 1 unspecified atom stereocenters. The fourth-order valence-electron chi connectivity index (χ4n) is 2.87. The third-order valence-corrected chi connectivity index (χ3v) is 3.96. The first kappa shape index (κ1) is 12.9. The second kappa shape index (κ2) is 5.91. The molecule has 2 aromatic rings. The van der Waals surface area contributed by atoms with Gasteiger partial charge in [-0.1, -0.05) is 24.3 Å². The Morgan fingerprint density at radius 2 is 1.90 bits per heavy atom. The number of benzene rings is 2. The van der Waals surface area contributed by atoms with Crippen LogP contribution < -0.4 is 4.74 Å². The van der Waals surface area contributed by atoms with E-state index in [1.165, 1.54) is 30.4 Å². The van der Waals surface area contributed by atoms with E-state index in [0.717, 1.165) is 12.0 Å². The first-order valence-electron chi connectivity index (χ1n) is 7.12. The number of carbonyl (C=O) groups is 1. The zero-order valence-electron chi connectivity index (χ0n) is 11.4. The van der Waals surface area contributed by atoms with Gasteiger partial charge in [-0.05, 0) is 54.7 Å². The van der Waals surface area contributed by atoms with Crippen molar-refractivity contribution in [2.75, 3.05) is 6.61 Å². The first-order chi connectivity index (χ1) is 9.86. The van der Waals surface area contributed by atoms with Gasteiger partial charge in [0, 0.05) is 11.5 Å². The molecule has 0 fully saturated rings. The second-order valence-corrected chi connectivity index (χ2v) is 5.29. The number of fused-ring (bicyclic) bond motifs is 1. The normalized spacial score (nSPS) is 17.3. The number of aryl methyl sites for hydroxylation is 1. The van der Waals surface area contributed by atoms with Gasteiger partial charge in [0.25, 0.3) is 0 Å². The Hall–Kier alpha value is -2.09. The smallest absolute Gasteiger partial charge is 0.150 e. The summed E-state index contributed by atoms with van der Waals surface area (Å²) in [6, 6.07) is 16.0. The molecule has 0 saturated carbocycles. The van der Waals surface area contributed by atoms with Crippen molar-refractivity contribution in [2.45, 2.75) is 25.2 Å². The van der Waals surface area contributed by atoms with Gasteiger partial charge >= 0.3 is 0 Å². The number of carbonyl (C=O) groups excluding carboxylic acids is 1. The van der Waals surface area contributed by atoms with Crippen LogP contribution in [0, 0.1) is 0 Å². The monoisotopic (exact) mass is 266 g/mol. The molecule has 2 nitrogen and oxygen atoms in total. The average Bonchev–Trinajstić information content (AvgIpc) is 2.53. The minimum atomic E-state index is 0.477. The Balaban J connectivity index is 1.68. The molecular formula is C18H18O2. The molecule has 20 heavy (non-hydrogen) atoms. The van der Waals surface area contributed by atoms with Gasteiger partial charge in [-0.2, -0.15) is 0 Å². The molecule has 0 aromatic heterocycles. The van der Waals surface area contributed by atoms with Crippen molar-refractivity contribution in [1.29, 1.82) is 0 Å². The molecule has 0 bridgehead atoms. The topological polar surface area (TPSA) is 26.3 Å². The quantitative estimate of drug-likeness (QED) is 0.782. The predicted octanol–water partition coefficient (Wildman–Crippen LogP) is 4.00. The maximum absolute atomic E-state index is 10.6. The Bertz CT molecular complexity index is 587. The lowest BCUT2D eigenvalue weighted by atomic mass is 9.83. The SMILES string of the molecule is O=Cc1ccc(OCC2CCCc3ccccc32)cc1. The Morgan fingerprint density at radius 1 is 1.10 bits per heavy atom. The molecular weight excluding hydrogens is 248 g/mol. The molecule has 0 amide bonds. The van der Waals surface area contributed by atoms with Crippen LogP contribution in [0.4, 0.5) is 0 Å². The second-order valence-electron chi connectivity index (χ2n) is 5.29. The van der Waals surface area contributed by atoms with E-state index in [1.807, 2.05) is 12.1 Å². The molecule has 2 heteroatoms. The van der Waals surface area contributed by atoms with Gasteiger partial charge < -0.3 is 4.74 Å². The van der Waals surface area contributed by atoms with E-state index in [1.54, 1.807) is 12.1 Å². The summed E-state index contributed by atoms with van der Waals surface area (Å²) in [7, 11) is 0. The summed E-state index contributed by atoms with van der Waals surface area (Å²) in [6.45, 7) is 0.706. The number of hydrogen-bond acceptors (Lipinski definition) is 2. The van der Waals surface area contributed by atoms with Gasteiger partial charge in [0.05, 0.1) is 6.61 Å². The highest BCUT2D eigenvalue weighted by atomic mass is 16.5. The fourth-order valence-corrected chi connectivity index (χ4v) is 2.87. The fraction of sp³-hybridized carbons (Fsp3) is 0.278. The molecule has 0 N–H and O–H groups in total. The summed E-state index contributed by atoms with van der Waals surface area (Å²) in [4.78, 5) is 10.6. The molecule has 1 aliphatic carbocycles. The molecule has 1 aliphatic rings. The third kappa shape index (κ3) is 2.74. The van der Waals surface area contributed by atoms with Crippen LogP contribution >= 0.6 is 0 Å². The largest absolute Gasteiger partial charge is 0.493 e. The Morgan fingerprint density at radius 3 is 2.70 bits per heavy atom. The van der Waals surface area contributed by atoms with Crippen molar-refractivity contribution in [3.63, 3.8) is 0 Å². The lowest BCUT2D eigenvalue weighted by molar-refractivity contribution is 0.112. The highest BCUT2D eigenvalue weighted by Crippen LogP contribution is 2.31. The van der Waals surface area contributed by atoms with E-state index >= 15 is 0 Å². The summed E-state index contributed by atoms with van der Waals surface area (Å²) in [6.07, 6.45) is 4.44. The van der Waals surface area contributed by atoms with Crippen LogP contribution in [0.2, 0.25) is 0 Å². The van der Waals surface area contributed by atoms with Gasteiger partial charge in [-0.3, -0.25) is 4.79 Å². The molecule has 3 rings (SSSR count). The number of rotatable bonds is 4. The number of hydrogen-bond donors (Lipinski definition) is 0. The zero-order valence-corrected chi connectivity index (χ0v) is 11.4. The molecule has 0 spiro atoms. The van der Waals surface area contributed by atoms with E-state index < -0.39 is 0 Å². The van der Waals surface area contributed by atoms with Crippen molar-refractivity contribution in [3.05, 3.63) is 65.2 Å². The zero-order chi connectivity index (χ0) is 13.8. The van der Waals surface area contributed by atoms with Gasteiger partial charge in [-0.25, -0.2) is 0 Å². The minimum absolute atomic E-state index is 0.477. The predicted molar refractivity (Wildman–Crippen MR) is 79.4 cm³/mol. The molecule has 2 aromatic carbocycles. The lowest BCUT2D eigenvalue weighted by Crippen LogP contribution is -2.16. The van der Waals surface area contributed by atoms with Crippen LogP contribution in [0.3, 0.4) is 0 Å². The van der Waals surface area contributed by atoms with Crippen molar-refractivity contribution >= 4 is 6.29 Å². The van der Waals surface area contributed by atoms with Crippen molar-refractivity contribution in [3.8, 4) is 5.75 Å². The highest BCUT2D eigenvalue weighted by molar-refractivity contribution is 5.74. The average molecular weight is 266 g/mol. The molecule has 0 heterocycles. The summed E-state index contributed by atoms with van der Waals surface area (Å²) in [5.74, 6) is 1.31. The molecule has 102 valence electrons. The maximum atomic E-state index is 10.6. The van der Waals surface area contributed by atoms with Crippen LogP contribution in [0.25, 0.3) is 0 Å². The van der Waals surface area contributed by atoms with Gasteiger partial charge in [0.2, 0.25) is 0 Å². The summed E-state index contributed by atoms with van der Waals surface area (Å²) in [5, 5.41) is 0. The highest BCUT2D eigenvalue weighted by Gasteiger charge is 2.20. The first-order valence-corrected chi connectivity index (χ1v) is 7.12. The van der Waals surface area contributed by atoms with Crippen LogP contribution in [0.1, 0.15) is 40.2 Å². The van der Waals surface area contributed by atoms with Crippen LogP contribution in [-0.2, 0) is 6.42 Å². The van der Waals surface area contributed by atoms with Gasteiger partial charge in [0.1, 0.15) is 12.0 Å². The van der Waals surface area contributed by atoms with Gasteiger partial charge in [-0.15, -0.1) is 0 Å². The number of ether oxygens (including phenoxy) is 1. The van der Waals surface area contributed by atoms with E-state index in [-0.39, 0.29) is 0 Å². The summed E-state index contributed by atoms with van der Waals surface area (Å²) in [5.41, 5.74) is 3.58. The number of aldehydes is 1. The molecule has 1 atom stereocenters. The standard InChI is InChI=1S/C18H18O2/c19-12-14-8-10-17(11-9-14)20-13-16-6-3-5-15-4-1-2-7-18(15)16/h1-2,4,7-12,16H,3,5-6,13H2. The molecule has 0 saturated heterocycles. The Labute approximate surface area is 119 Å². The van der Waals surface area contributed by atoms with Crippen LogP contribution in [-0.4, -0.2) is 12.9 Å². The Kier molecular flexibility index (Phi) is 3.82. The minimum Gasteiger partial charge on any atom is -0.493 e. The van der Waals surface area contributed by atoms with E-state index in [2.05, 4.69) is 24.3 Å². The van der Waals surface area contributed by atoms with Crippen molar-refractivity contribution in [2.24, 2.45) is 0 Å². The molecule has 0 radical (unpaired) electrons. The van der Waals surface area contributed by atoms with Crippen molar-refractivity contribution < 1.29 is 9.53 Å². The van der Waals surface area contributed by atoms with Crippen LogP contribution in [0.15, 0.2) is 48.5 Å². The summed E-state index contributed by atoms with van der Waals surface area (Å²) < 4.78 is 5.89. The third-order valence-electron chi connectivity index (χ3n) is 3.96. The maximum Gasteiger partial charge on any atom is 0.150 e. The van der Waals surface area contributed by atoms with E-state index in [0.29, 0.717) is 18.1 Å². The van der Waals surface area contributed by atoms with E-state index in [4.69, 9.17) is 4.74 Å². The van der Waals surface area contributed by atoms with Crippen molar-refractivity contribution in [1.82, 2.24) is 0 Å².